The van der Waals surface area contributed by atoms with E-state index < -0.39 is 0 Å². The molecular weight excluding hydrogens is 254 g/mol. The average molecular weight is 283 g/mol. The van der Waals surface area contributed by atoms with Gasteiger partial charge in [0.05, 0.1) is 32.1 Å². The highest BCUT2D eigenvalue weighted by Gasteiger charge is 2.10. The third-order valence-electron chi connectivity index (χ3n) is 3.39. The molecule has 0 unspecified atom stereocenters. The molecule has 1 heterocycles. The molecule has 1 aromatic rings. The number of methoxy groups -OCH3 is 1. The molecule has 5 heteroatoms. The topological polar surface area (TPSA) is 48.3 Å². The first-order valence-electron chi connectivity index (χ1n) is 7.51. The van der Waals surface area contributed by atoms with Crippen LogP contribution in [-0.2, 0) is 22.4 Å². The molecule has 0 saturated carbocycles. The average Bonchev–Trinajstić information content (AvgIpc) is 2.70. The van der Waals surface area contributed by atoms with Crippen LogP contribution in [0.15, 0.2) is 0 Å². The van der Waals surface area contributed by atoms with Gasteiger partial charge in [0.25, 0.3) is 0 Å². The number of aryl methyl sites for hydroxylation is 1. The monoisotopic (exact) mass is 283 g/mol. The quantitative estimate of drug-likeness (QED) is 0.628. The van der Waals surface area contributed by atoms with Gasteiger partial charge in [0.1, 0.15) is 0 Å². The van der Waals surface area contributed by atoms with Crippen molar-refractivity contribution in [1.82, 2.24) is 15.1 Å². The second-order valence-corrected chi connectivity index (χ2v) is 4.98. The van der Waals surface area contributed by atoms with E-state index in [9.17, 15) is 0 Å². The first kappa shape index (κ1) is 17.1. The SMILES string of the molecule is CCCNCCc1c(C)nn(CCOCCOC)c1C. The van der Waals surface area contributed by atoms with Gasteiger partial charge in [-0.25, -0.2) is 0 Å². The molecular formula is C15H29N3O2. The van der Waals surface area contributed by atoms with Crippen LogP contribution < -0.4 is 5.32 Å². The first-order valence-corrected chi connectivity index (χ1v) is 7.51. The number of nitrogens with one attached hydrogen (secondary N) is 1. The lowest BCUT2D eigenvalue weighted by Crippen LogP contribution is -2.18. The number of hydrogen-bond acceptors (Lipinski definition) is 4. The van der Waals surface area contributed by atoms with Crippen molar-refractivity contribution >= 4 is 0 Å². The maximum atomic E-state index is 5.50. The van der Waals surface area contributed by atoms with Crippen molar-refractivity contribution in [2.24, 2.45) is 0 Å². The zero-order chi connectivity index (χ0) is 14.8. The van der Waals surface area contributed by atoms with Crippen molar-refractivity contribution in [2.75, 3.05) is 40.0 Å². The lowest BCUT2D eigenvalue weighted by molar-refractivity contribution is 0.0651. The highest BCUT2D eigenvalue weighted by atomic mass is 16.5. The molecule has 0 atom stereocenters. The van der Waals surface area contributed by atoms with Crippen LogP contribution in [0.3, 0.4) is 0 Å². The summed E-state index contributed by atoms with van der Waals surface area (Å²) in [6, 6.07) is 0. The van der Waals surface area contributed by atoms with Gasteiger partial charge in [0.15, 0.2) is 0 Å². The lowest BCUT2D eigenvalue weighted by atomic mass is 10.1. The lowest BCUT2D eigenvalue weighted by Gasteiger charge is -2.07. The van der Waals surface area contributed by atoms with Crippen molar-refractivity contribution in [3.8, 4) is 0 Å². The summed E-state index contributed by atoms with van der Waals surface area (Å²) in [5.41, 5.74) is 3.76. The molecule has 0 aliphatic rings. The fourth-order valence-corrected chi connectivity index (χ4v) is 2.22. The minimum absolute atomic E-state index is 0.642. The Morgan fingerprint density at radius 2 is 1.95 bits per heavy atom. The molecule has 0 aliphatic carbocycles. The largest absolute Gasteiger partial charge is 0.382 e. The molecule has 116 valence electrons. The fraction of sp³-hybridized carbons (Fsp3) is 0.800. The Morgan fingerprint density at radius 3 is 2.65 bits per heavy atom. The summed E-state index contributed by atoms with van der Waals surface area (Å²) in [5.74, 6) is 0. The van der Waals surface area contributed by atoms with Gasteiger partial charge in [-0.2, -0.15) is 5.10 Å². The van der Waals surface area contributed by atoms with E-state index in [-0.39, 0.29) is 0 Å². The molecule has 0 saturated heterocycles. The van der Waals surface area contributed by atoms with Crippen LogP contribution in [0, 0.1) is 13.8 Å². The van der Waals surface area contributed by atoms with Crippen molar-refractivity contribution in [1.29, 1.82) is 0 Å². The molecule has 0 amide bonds. The van der Waals surface area contributed by atoms with Crippen LogP contribution >= 0.6 is 0 Å². The molecule has 0 aromatic carbocycles. The second kappa shape index (κ2) is 9.91. The van der Waals surface area contributed by atoms with Gasteiger partial charge >= 0.3 is 0 Å². The van der Waals surface area contributed by atoms with Gasteiger partial charge in [-0.3, -0.25) is 4.68 Å². The number of aromatic nitrogens is 2. The summed E-state index contributed by atoms with van der Waals surface area (Å²) in [5, 5.41) is 8.04. The smallest absolute Gasteiger partial charge is 0.0701 e. The fourth-order valence-electron chi connectivity index (χ4n) is 2.22. The van der Waals surface area contributed by atoms with Gasteiger partial charge in [-0.1, -0.05) is 6.92 Å². The number of ether oxygens (including phenoxy) is 2. The Bertz CT molecular complexity index is 377. The molecule has 0 aliphatic heterocycles. The van der Waals surface area contributed by atoms with E-state index in [1.807, 2.05) is 0 Å². The van der Waals surface area contributed by atoms with Crippen LogP contribution in [-0.4, -0.2) is 49.8 Å². The minimum Gasteiger partial charge on any atom is -0.382 e. The summed E-state index contributed by atoms with van der Waals surface area (Å²) in [6.07, 6.45) is 2.22. The Morgan fingerprint density at radius 1 is 1.15 bits per heavy atom. The van der Waals surface area contributed by atoms with E-state index in [4.69, 9.17) is 9.47 Å². The Kier molecular flexibility index (Phi) is 8.49. The van der Waals surface area contributed by atoms with Crippen LogP contribution in [0.25, 0.3) is 0 Å². The van der Waals surface area contributed by atoms with Crippen LogP contribution in [0.5, 0.6) is 0 Å². The summed E-state index contributed by atoms with van der Waals surface area (Å²) in [6.45, 7) is 11.3. The van der Waals surface area contributed by atoms with E-state index in [1.54, 1.807) is 7.11 Å². The molecule has 1 aromatic heterocycles. The van der Waals surface area contributed by atoms with Crippen molar-refractivity contribution in [2.45, 2.75) is 40.2 Å². The first-order chi connectivity index (χ1) is 9.70. The van der Waals surface area contributed by atoms with Gasteiger partial charge in [-0.15, -0.1) is 0 Å². The van der Waals surface area contributed by atoms with Crippen molar-refractivity contribution in [3.05, 3.63) is 17.0 Å². The minimum atomic E-state index is 0.642. The van der Waals surface area contributed by atoms with E-state index >= 15 is 0 Å². The summed E-state index contributed by atoms with van der Waals surface area (Å²) in [7, 11) is 1.68. The van der Waals surface area contributed by atoms with E-state index in [0.29, 0.717) is 19.8 Å². The Hall–Kier alpha value is -0.910. The van der Waals surface area contributed by atoms with Gasteiger partial charge in [0, 0.05) is 12.8 Å². The van der Waals surface area contributed by atoms with Gasteiger partial charge in [-0.05, 0) is 45.3 Å². The standard InChI is InChI=1S/C15H29N3O2/c1-5-7-16-8-6-15-13(2)17-18(14(15)3)9-10-20-12-11-19-4/h16H,5-12H2,1-4H3. The van der Waals surface area contributed by atoms with Crippen molar-refractivity contribution < 1.29 is 9.47 Å². The van der Waals surface area contributed by atoms with Crippen LogP contribution in [0.2, 0.25) is 0 Å². The Balaban J connectivity index is 2.40. The molecule has 1 N–H and O–H groups in total. The zero-order valence-electron chi connectivity index (χ0n) is 13.4. The number of hydrogen-bond donors (Lipinski definition) is 1. The molecule has 0 spiro atoms. The third kappa shape index (κ3) is 5.61. The normalized spacial score (nSPS) is 11.2. The maximum absolute atomic E-state index is 5.50. The molecule has 0 fully saturated rings. The summed E-state index contributed by atoms with van der Waals surface area (Å²) in [4.78, 5) is 0. The summed E-state index contributed by atoms with van der Waals surface area (Å²) < 4.78 is 12.5. The second-order valence-electron chi connectivity index (χ2n) is 4.98. The molecule has 1 rings (SSSR count). The summed E-state index contributed by atoms with van der Waals surface area (Å²) >= 11 is 0. The zero-order valence-corrected chi connectivity index (χ0v) is 13.4. The van der Waals surface area contributed by atoms with E-state index in [0.717, 1.165) is 31.7 Å². The van der Waals surface area contributed by atoms with Crippen LogP contribution in [0.4, 0.5) is 0 Å². The number of rotatable bonds is 11. The van der Waals surface area contributed by atoms with E-state index in [2.05, 4.69) is 35.9 Å². The highest BCUT2D eigenvalue weighted by molar-refractivity contribution is 5.24. The molecule has 20 heavy (non-hydrogen) atoms. The predicted octanol–water partition coefficient (Wildman–Crippen LogP) is 1.71. The third-order valence-corrected chi connectivity index (χ3v) is 3.39. The molecule has 0 radical (unpaired) electrons. The van der Waals surface area contributed by atoms with Gasteiger partial charge < -0.3 is 14.8 Å². The van der Waals surface area contributed by atoms with E-state index in [1.165, 1.54) is 17.7 Å². The number of nitrogens with zero attached hydrogens (tertiary/aromatic N) is 2. The Labute approximate surface area is 122 Å². The van der Waals surface area contributed by atoms with Crippen LogP contribution in [0.1, 0.15) is 30.3 Å². The molecule has 5 nitrogen and oxygen atoms in total. The highest BCUT2D eigenvalue weighted by Crippen LogP contribution is 2.13. The predicted molar refractivity (Wildman–Crippen MR) is 81.3 cm³/mol. The maximum Gasteiger partial charge on any atom is 0.0701 e. The van der Waals surface area contributed by atoms with Crippen molar-refractivity contribution in [3.63, 3.8) is 0 Å². The van der Waals surface area contributed by atoms with Gasteiger partial charge in [0.2, 0.25) is 0 Å². The molecule has 0 bridgehead atoms.